The summed E-state index contributed by atoms with van der Waals surface area (Å²) in [6.07, 6.45) is 1.64. The molecule has 18 heavy (non-hydrogen) atoms. The molecule has 0 fully saturated rings. The zero-order valence-corrected chi connectivity index (χ0v) is 9.45. The molecular formula is C13H10FN3O. The van der Waals surface area contributed by atoms with Crippen molar-refractivity contribution in [3.8, 4) is 0 Å². The first-order valence-electron chi connectivity index (χ1n) is 5.53. The maximum absolute atomic E-state index is 13.5. The summed E-state index contributed by atoms with van der Waals surface area (Å²) in [4.78, 5) is 12.0. The molecule has 0 aliphatic rings. The van der Waals surface area contributed by atoms with Gasteiger partial charge in [0, 0.05) is 11.8 Å². The third-order valence-corrected chi connectivity index (χ3v) is 2.77. The monoisotopic (exact) mass is 243 g/mol. The maximum atomic E-state index is 13.5. The molecule has 90 valence electrons. The Morgan fingerprint density at radius 1 is 1.11 bits per heavy atom. The fourth-order valence-corrected chi connectivity index (χ4v) is 1.86. The van der Waals surface area contributed by atoms with Crippen molar-refractivity contribution in [2.75, 3.05) is 0 Å². The van der Waals surface area contributed by atoms with E-state index < -0.39 is 0 Å². The Kier molecular flexibility index (Phi) is 2.44. The molecule has 0 saturated carbocycles. The second-order valence-electron chi connectivity index (χ2n) is 3.96. The first-order valence-corrected chi connectivity index (χ1v) is 5.53. The Hall–Kier alpha value is -2.43. The van der Waals surface area contributed by atoms with Crippen LogP contribution in [-0.2, 0) is 6.54 Å². The topological polar surface area (TPSA) is 39.3 Å². The minimum absolute atomic E-state index is 0.132. The molecule has 0 amide bonds. The second-order valence-corrected chi connectivity index (χ2v) is 3.96. The lowest BCUT2D eigenvalue weighted by atomic mass is 10.2. The highest BCUT2D eigenvalue weighted by Crippen LogP contribution is 2.07. The summed E-state index contributed by atoms with van der Waals surface area (Å²) in [7, 11) is 0. The molecule has 3 aromatic rings. The molecule has 0 saturated heterocycles. The summed E-state index contributed by atoms with van der Waals surface area (Å²) in [5.74, 6) is -0.332. The number of benzene rings is 1. The molecule has 0 aliphatic carbocycles. The van der Waals surface area contributed by atoms with E-state index in [9.17, 15) is 9.18 Å². The van der Waals surface area contributed by atoms with Gasteiger partial charge in [0.2, 0.25) is 0 Å². The third kappa shape index (κ3) is 1.69. The van der Waals surface area contributed by atoms with Gasteiger partial charge in [0.15, 0.2) is 5.65 Å². The lowest BCUT2D eigenvalue weighted by Crippen LogP contribution is -2.21. The predicted octanol–water partition coefficient (Wildman–Crippen LogP) is 1.68. The van der Waals surface area contributed by atoms with Crippen LogP contribution in [0.1, 0.15) is 5.56 Å². The first-order chi connectivity index (χ1) is 8.75. The third-order valence-electron chi connectivity index (χ3n) is 2.77. The smallest absolute Gasteiger partial charge is 0.250 e. The molecule has 5 heteroatoms. The van der Waals surface area contributed by atoms with Crippen LogP contribution in [0.3, 0.4) is 0 Å². The molecule has 0 radical (unpaired) electrons. The van der Waals surface area contributed by atoms with Crippen LogP contribution in [0.4, 0.5) is 4.39 Å². The van der Waals surface area contributed by atoms with Crippen molar-refractivity contribution in [2.45, 2.75) is 6.54 Å². The Balaban J connectivity index is 2.09. The van der Waals surface area contributed by atoms with E-state index in [0.717, 1.165) is 0 Å². The minimum Gasteiger partial charge on any atom is -0.250 e. The van der Waals surface area contributed by atoms with E-state index in [4.69, 9.17) is 0 Å². The summed E-state index contributed by atoms with van der Waals surface area (Å²) in [6.45, 7) is 0.132. The summed E-state index contributed by atoms with van der Waals surface area (Å²) < 4.78 is 16.2. The van der Waals surface area contributed by atoms with Crippen molar-refractivity contribution < 1.29 is 4.39 Å². The first kappa shape index (κ1) is 10.7. The van der Waals surface area contributed by atoms with Gasteiger partial charge in [-0.25, -0.2) is 13.9 Å². The molecular weight excluding hydrogens is 233 g/mol. The number of rotatable bonds is 2. The molecule has 0 N–H and O–H groups in total. The fourth-order valence-electron chi connectivity index (χ4n) is 1.86. The molecule has 0 aliphatic heterocycles. The quantitative estimate of drug-likeness (QED) is 0.687. The Morgan fingerprint density at radius 3 is 2.67 bits per heavy atom. The van der Waals surface area contributed by atoms with E-state index in [2.05, 4.69) is 5.10 Å². The van der Waals surface area contributed by atoms with Crippen LogP contribution >= 0.6 is 0 Å². The lowest BCUT2D eigenvalue weighted by molar-refractivity contribution is 0.578. The van der Waals surface area contributed by atoms with Gasteiger partial charge in [-0.15, -0.1) is 5.10 Å². The highest BCUT2D eigenvalue weighted by molar-refractivity contribution is 5.35. The lowest BCUT2D eigenvalue weighted by Gasteiger charge is -2.00. The highest BCUT2D eigenvalue weighted by Gasteiger charge is 2.08. The second kappa shape index (κ2) is 4.10. The van der Waals surface area contributed by atoms with Crippen LogP contribution in [-0.4, -0.2) is 14.2 Å². The minimum atomic E-state index is -0.332. The number of hydrogen-bond donors (Lipinski definition) is 0. The molecule has 0 spiro atoms. The van der Waals surface area contributed by atoms with Crippen LogP contribution in [0.2, 0.25) is 0 Å². The van der Waals surface area contributed by atoms with Crippen molar-refractivity contribution in [1.82, 2.24) is 14.2 Å². The SMILES string of the molecule is O=c1n(Cc2ccccc2F)nc2ccccn12. The average Bonchev–Trinajstić information content (AvgIpc) is 2.70. The number of fused-ring (bicyclic) bond motifs is 1. The normalized spacial score (nSPS) is 10.9. The number of hydrogen-bond acceptors (Lipinski definition) is 2. The van der Waals surface area contributed by atoms with Gasteiger partial charge < -0.3 is 0 Å². The fraction of sp³-hybridized carbons (Fsp3) is 0.0769. The summed E-state index contributed by atoms with van der Waals surface area (Å²) in [5.41, 5.74) is 0.732. The molecule has 2 aromatic heterocycles. The summed E-state index contributed by atoms with van der Waals surface area (Å²) in [5, 5.41) is 4.15. The van der Waals surface area contributed by atoms with Gasteiger partial charge in [0.25, 0.3) is 0 Å². The van der Waals surface area contributed by atoms with Gasteiger partial charge >= 0.3 is 5.69 Å². The van der Waals surface area contributed by atoms with E-state index >= 15 is 0 Å². The average molecular weight is 243 g/mol. The molecule has 3 rings (SSSR count). The van der Waals surface area contributed by atoms with Gasteiger partial charge in [0.05, 0.1) is 6.54 Å². The van der Waals surface area contributed by atoms with Gasteiger partial charge in [-0.1, -0.05) is 24.3 Å². The van der Waals surface area contributed by atoms with E-state index in [1.54, 1.807) is 42.6 Å². The molecule has 2 heterocycles. The zero-order valence-electron chi connectivity index (χ0n) is 9.45. The van der Waals surface area contributed by atoms with Crippen molar-refractivity contribution >= 4 is 5.65 Å². The molecule has 4 nitrogen and oxygen atoms in total. The van der Waals surface area contributed by atoms with Crippen molar-refractivity contribution in [2.24, 2.45) is 0 Å². The van der Waals surface area contributed by atoms with Crippen molar-refractivity contribution in [3.63, 3.8) is 0 Å². The van der Waals surface area contributed by atoms with Gasteiger partial charge in [-0.3, -0.25) is 4.40 Å². The van der Waals surface area contributed by atoms with E-state index in [1.165, 1.54) is 15.1 Å². The van der Waals surface area contributed by atoms with E-state index in [-0.39, 0.29) is 18.1 Å². The Morgan fingerprint density at radius 2 is 1.89 bits per heavy atom. The molecule has 0 unspecified atom stereocenters. The Labute approximate surface area is 102 Å². The summed E-state index contributed by atoms with van der Waals surface area (Å²) >= 11 is 0. The highest BCUT2D eigenvalue weighted by atomic mass is 19.1. The van der Waals surface area contributed by atoms with E-state index in [1.807, 2.05) is 0 Å². The number of pyridine rings is 1. The van der Waals surface area contributed by atoms with Crippen LogP contribution in [0, 0.1) is 5.82 Å². The number of aromatic nitrogens is 3. The zero-order chi connectivity index (χ0) is 12.5. The van der Waals surface area contributed by atoms with Gasteiger partial charge in [-0.05, 0) is 18.2 Å². The predicted molar refractivity (Wildman–Crippen MR) is 65.0 cm³/mol. The number of nitrogens with zero attached hydrogens (tertiary/aromatic N) is 3. The van der Waals surface area contributed by atoms with Crippen LogP contribution in [0.5, 0.6) is 0 Å². The van der Waals surface area contributed by atoms with Crippen LogP contribution in [0.25, 0.3) is 5.65 Å². The standard InChI is InChI=1S/C13H10FN3O/c14-11-6-2-1-5-10(11)9-17-13(18)16-8-4-3-7-12(16)15-17/h1-8H,9H2. The van der Waals surface area contributed by atoms with Gasteiger partial charge in [0.1, 0.15) is 5.82 Å². The van der Waals surface area contributed by atoms with Crippen molar-refractivity contribution in [3.05, 3.63) is 70.5 Å². The van der Waals surface area contributed by atoms with E-state index in [0.29, 0.717) is 11.2 Å². The van der Waals surface area contributed by atoms with Gasteiger partial charge in [-0.2, -0.15) is 0 Å². The van der Waals surface area contributed by atoms with Crippen molar-refractivity contribution in [1.29, 1.82) is 0 Å². The Bertz CT molecular complexity index is 760. The molecule has 1 aromatic carbocycles. The number of halogens is 1. The molecule has 0 atom stereocenters. The largest absolute Gasteiger partial charge is 0.350 e. The molecule has 0 bridgehead atoms. The summed E-state index contributed by atoms with van der Waals surface area (Å²) in [6, 6.07) is 11.7. The van der Waals surface area contributed by atoms with Crippen LogP contribution in [0.15, 0.2) is 53.5 Å². The van der Waals surface area contributed by atoms with Crippen LogP contribution < -0.4 is 5.69 Å². The maximum Gasteiger partial charge on any atom is 0.350 e.